The fourth-order valence-corrected chi connectivity index (χ4v) is 1.67. The second-order valence-corrected chi connectivity index (χ2v) is 4.55. The van der Waals surface area contributed by atoms with Crippen molar-refractivity contribution in [1.29, 1.82) is 0 Å². The smallest absolute Gasteiger partial charge is 0.258 e. The van der Waals surface area contributed by atoms with Crippen molar-refractivity contribution in [2.24, 2.45) is 5.73 Å². The average Bonchev–Trinajstić information content (AvgIpc) is 2.46. The Kier molecular flexibility index (Phi) is 4.77. The van der Waals surface area contributed by atoms with Crippen molar-refractivity contribution in [2.75, 3.05) is 0 Å². The van der Waals surface area contributed by atoms with Gasteiger partial charge in [0.25, 0.3) is 5.91 Å². The molecule has 2 N–H and O–H groups in total. The molecule has 1 atom stereocenters. The van der Waals surface area contributed by atoms with Crippen molar-refractivity contribution in [1.82, 2.24) is 0 Å². The van der Waals surface area contributed by atoms with Gasteiger partial charge in [-0.3, -0.25) is 4.79 Å². The Morgan fingerprint density at radius 2 is 1.86 bits per heavy atom. The van der Waals surface area contributed by atoms with E-state index in [9.17, 15) is 9.18 Å². The van der Waals surface area contributed by atoms with Crippen LogP contribution in [0.4, 0.5) is 4.39 Å². The third kappa shape index (κ3) is 4.49. The maximum atomic E-state index is 13.0. The van der Waals surface area contributed by atoms with Gasteiger partial charge in [0.15, 0.2) is 6.10 Å². The first-order valence-corrected chi connectivity index (χ1v) is 6.48. The van der Waals surface area contributed by atoms with Gasteiger partial charge in [0.1, 0.15) is 23.9 Å². The van der Waals surface area contributed by atoms with E-state index in [4.69, 9.17) is 15.2 Å². The summed E-state index contributed by atoms with van der Waals surface area (Å²) >= 11 is 0. The zero-order valence-corrected chi connectivity index (χ0v) is 11.6. The first-order chi connectivity index (χ1) is 10.0. The highest BCUT2D eigenvalue weighted by atomic mass is 19.1. The van der Waals surface area contributed by atoms with Gasteiger partial charge in [0.05, 0.1) is 0 Å². The normalized spacial score (nSPS) is 11.7. The highest BCUT2D eigenvalue weighted by Crippen LogP contribution is 2.19. The van der Waals surface area contributed by atoms with Crippen molar-refractivity contribution in [3.8, 4) is 11.5 Å². The lowest BCUT2D eigenvalue weighted by Gasteiger charge is -2.12. The summed E-state index contributed by atoms with van der Waals surface area (Å²) in [7, 11) is 0. The number of primary amides is 1. The molecule has 2 rings (SSSR count). The Morgan fingerprint density at radius 3 is 2.48 bits per heavy atom. The molecule has 0 spiro atoms. The zero-order valence-electron chi connectivity index (χ0n) is 11.6. The molecule has 0 fully saturated rings. The molecule has 110 valence electrons. The molecule has 0 aliphatic rings. The molecule has 4 nitrogen and oxygen atoms in total. The molecule has 0 saturated carbocycles. The van der Waals surface area contributed by atoms with Crippen LogP contribution in [0.25, 0.3) is 0 Å². The van der Waals surface area contributed by atoms with Crippen LogP contribution in [-0.2, 0) is 11.4 Å². The molecule has 0 radical (unpaired) electrons. The first-order valence-electron chi connectivity index (χ1n) is 6.48. The highest BCUT2D eigenvalue weighted by molar-refractivity contribution is 5.78. The summed E-state index contributed by atoms with van der Waals surface area (Å²) in [4.78, 5) is 10.9. The molecule has 0 aliphatic carbocycles. The molecule has 0 unspecified atom stereocenters. The minimum absolute atomic E-state index is 0.273. The Morgan fingerprint density at radius 1 is 1.19 bits per heavy atom. The van der Waals surface area contributed by atoms with E-state index in [0.717, 1.165) is 5.56 Å². The van der Waals surface area contributed by atoms with E-state index < -0.39 is 12.0 Å². The minimum Gasteiger partial charge on any atom is -0.489 e. The third-order valence-electron chi connectivity index (χ3n) is 2.83. The van der Waals surface area contributed by atoms with E-state index in [0.29, 0.717) is 11.5 Å². The van der Waals surface area contributed by atoms with Crippen LogP contribution < -0.4 is 15.2 Å². The second-order valence-electron chi connectivity index (χ2n) is 4.55. The number of hydrogen-bond acceptors (Lipinski definition) is 3. The maximum Gasteiger partial charge on any atom is 0.258 e. The summed E-state index contributed by atoms with van der Waals surface area (Å²) in [5, 5.41) is 0. The number of hydrogen-bond donors (Lipinski definition) is 1. The first kappa shape index (κ1) is 14.8. The monoisotopic (exact) mass is 289 g/mol. The lowest BCUT2D eigenvalue weighted by atomic mass is 10.2. The summed E-state index contributed by atoms with van der Waals surface area (Å²) < 4.78 is 23.9. The van der Waals surface area contributed by atoms with E-state index in [-0.39, 0.29) is 12.4 Å². The SMILES string of the molecule is C[C@H](Oc1ccc(OCc2cccc(F)c2)cc1)C(N)=O. The number of carbonyl (C=O) groups is 1. The van der Waals surface area contributed by atoms with Crippen LogP contribution in [0.1, 0.15) is 12.5 Å². The molecule has 0 aromatic heterocycles. The number of benzene rings is 2. The fraction of sp³-hybridized carbons (Fsp3) is 0.188. The number of halogens is 1. The van der Waals surface area contributed by atoms with Crippen molar-refractivity contribution >= 4 is 5.91 Å². The van der Waals surface area contributed by atoms with Gasteiger partial charge in [-0.25, -0.2) is 4.39 Å². The van der Waals surface area contributed by atoms with Crippen LogP contribution >= 0.6 is 0 Å². The highest BCUT2D eigenvalue weighted by Gasteiger charge is 2.09. The van der Waals surface area contributed by atoms with Crippen molar-refractivity contribution < 1.29 is 18.7 Å². The standard InChI is InChI=1S/C16H16FNO3/c1-11(16(18)19)21-15-7-5-14(6-8-15)20-10-12-3-2-4-13(17)9-12/h2-9,11H,10H2,1H3,(H2,18,19)/t11-/m0/s1. The van der Waals surface area contributed by atoms with Crippen molar-refractivity contribution in [3.63, 3.8) is 0 Å². The largest absolute Gasteiger partial charge is 0.489 e. The maximum absolute atomic E-state index is 13.0. The summed E-state index contributed by atoms with van der Waals surface area (Å²) in [5.41, 5.74) is 5.87. The van der Waals surface area contributed by atoms with E-state index in [1.165, 1.54) is 12.1 Å². The molecule has 2 aromatic rings. The Balaban J connectivity index is 1.92. The van der Waals surface area contributed by atoms with Crippen LogP contribution in [0.5, 0.6) is 11.5 Å². The number of carbonyl (C=O) groups excluding carboxylic acids is 1. The summed E-state index contributed by atoms with van der Waals surface area (Å²) in [6.07, 6.45) is -0.691. The summed E-state index contributed by atoms with van der Waals surface area (Å²) in [6, 6.07) is 13.0. The van der Waals surface area contributed by atoms with Gasteiger partial charge in [-0.2, -0.15) is 0 Å². The molecular formula is C16H16FNO3. The molecule has 0 heterocycles. The van der Waals surface area contributed by atoms with Gasteiger partial charge < -0.3 is 15.2 Å². The Labute approximate surface area is 122 Å². The van der Waals surface area contributed by atoms with Crippen LogP contribution in [-0.4, -0.2) is 12.0 Å². The topological polar surface area (TPSA) is 61.6 Å². The summed E-state index contributed by atoms with van der Waals surface area (Å²) in [6.45, 7) is 1.85. The lowest BCUT2D eigenvalue weighted by molar-refractivity contribution is -0.123. The molecule has 2 aromatic carbocycles. The van der Waals surface area contributed by atoms with Crippen molar-refractivity contribution in [3.05, 3.63) is 59.9 Å². The predicted molar refractivity (Wildman–Crippen MR) is 76.5 cm³/mol. The van der Waals surface area contributed by atoms with E-state index in [2.05, 4.69) is 0 Å². The van der Waals surface area contributed by atoms with Crippen LogP contribution in [0.2, 0.25) is 0 Å². The van der Waals surface area contributed by atoms with Crippen molar-refractivity contribution in [2.45, 2.75) is 19.6 Å². The molecule has 1 amide bonds. The third-order valence-corrected chi connectivity index (χ3v) is 2.83. The number of nitrogens with two attached hydrogens (primary N) is 1. The molecular weight excluding hydrogens is 273 g/mol. The number of amides is 1. The van der Waals surface area contributed by atoms with Crippen LogP contribution in [0, 0.1) is 5.82 Å². The van der Waals surface area contributed by atoms with E-state index in [1.807, 2.05) is 0 Å². The fourth-order valence-electron chi connectivity index (χ4n) is 1.67. The van der Waals surface area contributed by atoms with Crippen LogP contribution in [0.3, 0.4) is 0 Å². The lowest BCUT2D eigenvalue weighted by Crippen LogP contribution is -2.30. The Hall–Kier alpha value is -2.56. The van der Waals surface area contributed by atoms with Gasteiger partial charge in [-0.1, -0.05) is 12.1 Å². The summed E-state index contributed by atoms with van der Waals surface area (Å²) in [5.74, 6) is 0.333. The molecule has 5 heteroatoms. The van der Waals surface area contributed by atoms with Gasteiger partial charge in [0.2, 0.25) is 0 Å². The van der Waals surface area contributed by atoms with Crippen LogP contribution in [0.15, 0.2) is 48.5 Å². The quantitative estimate of drug-likeness (QED) is 0.889. The molecule has 0 aliphatic heterocycles. The van der Waals surface area contributed by atoms with E-state index >= 15 is 0 Å². The van der Waals surface area contributed by atoms with Gasteiger partial charge in [-0.05, 0) is 48.9 Å². The second kappa shape index (κ2) is 6.74. The van der Waals surface area contributed by atoms with Gasteiger partial charge in [-0.15, -0.1) is 0 Å². The van der Waals surface area contributed by atoms with Gasteiger partial charge in [0, 0.05) is 0 Å². The number of rotatable bonds is 6. The Bertz CT molecular complexity index is 613. The predicted octanol–water partition coefficient (Wildman–Crippen LogP) is 2.66. The number of ether oxygens (including phenoxy) is 2. The minimum atomic E-state index is -0.691. The van der Waals surface area contributed by atoms with E-state index in [1.54, 1.807) is 43.3 Å². The van der Waals surface area contributed by atoms with Gasteiger partial charge >= 0.3 is 0 Å². The average molecular weight is 289 g/mol. The molecule has 0 saturated heterocycles. The molecule has 21 heavy (non-hydrogen) atoms. The zero-order chi connectivity index (χ0) is 15.2. The molecule has 0 bridgehead atoms.